The molecule has 0 saturated carbocycles. The summed E-state index contributed by atoms with van der Waals surface area (Å²) < 4.78 is 15.2. The SMILES string of the molecule is CC1CC(C)CN(c2nc3ccccn3c(=O)c2/C=C2\SC(=S)N(Cc3ccc(F)cc3)C2=O)C1. The van der Waals surface area contributed by atoms with Gasteiger partial charge in [-0.1, -0.05) is 56.0 Å². The number of piperidine rings is 1. The van der Waals surface area contributed by atoms with Gasteiger partial charge in [0, 0.05) is 19.3 Å². The molecule has 2 unspecified atom stereocenters. The van der Waals surface area contributed by atoms with E-state index in [0.717, 1.165) is 25.1 Å². The molecule has 3 aromatic rings. The lowest BCUT2D eigenvalue weighted by molar-refractivity contribution is -0.122. The summed E-state index contributed by atoms with van der Waals surface area (Å²) in [6, 6.07) is 11.4. The van der Waals surface area contributed by atoms with Crippen LogP contribution in [-0.2, 0) is 11.3 Å². The second-order valence-corrected chi connectivity index (χ2v) is 11.0. The Hall–Kier alpha value is -3.04. The first-order valence-corrected chi connectivity index (χ1v) is 12.8. The van der Waals surface area contributed by atoms with Gasteiger partial charge in [0.25, 0.3) is 11.5 Å². The number of hydrogen-bond donors (Lipinski definition) is 0. The lowest BCUT2D eigenvalue weighted by Crippen LogP contribution is -2.40. The van der Waals surface area contributed by atoms with Crippen molar-refractivity contribution in [3.63, 3.8) is 0 Å². The van der Waals surface area contributed by atoms with Crippen molar-refractivity contribution in [1.29, 1.82) is 0 Å². The smallest absolute Gasteiger partial charge is 0.267 e. The molecule has 2 atom stereocenters. The van der Waals surface area contributed by atoms with E-state index in [2.05, 4.69) is 18.7 Å². The van der Waals surface area contributed by atoms with E-state index in [1.165, 1.54) is 33.2 Å². The van der Waals surface area contributed by atoms with Crippen molar-refractivity contribution in [2.24, 2.45) is 11.8 Å². The van der Waals surface area contributed by atoms with Crippen LogP contribution in [0.1, 0.15) is 31.4 Å². The number of pyridine rings is 1. The molecule has 2 saturated heterocycles. The van der Waals surface area contributed by atoms with Gasteiger partial charge in [-0.25, -0.2) is 9.37 Å². The fraction of sp³-hybridized carbons (Fsp3) is 0.308. The highest BCUT2D eigenvalue weighted by Crippen LogP contribution is 2.35. The molecule has 1 aromatic carbocycles. The zero-order valence-electron chi connectivity index (χ0n) is 19.5. The fourth-order valence-corrected chi connectivity index (χ4v) is 6.07. The molecule has 0 N–H and O–H groups in total. The Morgan fingerprint density at radius 2 is 1.83 bits per heavy atom. The second kappa shape index (κ2) is 9.54. The van der Waals surface area contributed by atoms with E-state index in [4.69, 9.17) is 17.2 Å². The average molecular weight is 509 g/mol. The number of hydrogen-bond acceptors (Lipinski definition) is 6. The zero-order valence-corrected chi connectivity index (χ0v) is 21.1. The number of carbonyl (C=O) groups excluding carboxylic acids is 1. The van der Waals surface area contributed by atoms with Gasteiger partial charge < -0.3 is 4.90 Å². The highest BCUT2D eigenvalue weighted by Gasteiger charge is 2.33. The summed E-state index contributed by atoms with van der Waals surface area (Å²) in [6.45, 7) is 6.25. The van der Waals surface area contributed by atoms with Crippen LogP contribution in [0.25, 0.3) is 11.7 Å². The highest BCUT2D eigenvalue weighted by atomic mass is 32.2. The minimum atomic E-state index is -0.336. The number of anilines is 1. The topological polar surface area (TPSA) is 57.9 Å². The number of aromatic nitrogens is 2. The molecular weight excluding hydrogens is 483 g/mol. The molecule has 1 amide bonds. The van der Waals surface area contributed by atoms with Gasteiger partial charge in [0.1, 0.15) is 21.6 Å². The minimum Gasteiger partial charge on any atom is -0.355 e. The van der Waals surface area contributed by atoms with Gasteiger partial charge in [0.15, 0.2) is 0 Å². The number of nitrogens with zero attached hydrogens (tertiary/aromatic N) is 4. The summed E-state index contributed by atoms with van der Waals surface area (Å²) in [5.41, 5.74) is 1.50. The van der Waals surface area contributed by atoms with Crippen molar-refractivity contribution in [3.05, 3.63) is 80.9 Å². The molecular formula is C26H25FN4O2S2. The summed E-state index contributed by atoms with van der Waals surface area (Å²) >= 11 is 6.65. The van der Waals surface area contributed by atoms with E-state index in [9.17, 15) is 14.0 Å². The van der Waals surface area contributed by atoms with Crippen molar-refractivity contribution in [3.8, 4) is 0 Å². The van der Waals surface area contributed by atoms with Crippen molar-refractivity contribution >= 4 is 51.7 Å². The molecule has 0 aliphatic carbocycles. The van der Waals surface area contributed by atoms with Gasteiger partial charge in [0.05, 0.1) is 17.0 Å². The highest BCUT2D eigenvalue weighted by molar-refractivity contribution is 8.26. The quantitative estimate of drug-likeness (QED) is 0.376. The van der Waals surface area contributed by atoms with E-state index in [1.54, 1.807) is 30.5 Å². The molecule has 2 fully saturated rings. The van der Waals surface area contributed by atoms with Crippen LogP contribution >= 0.6 is 24.0 Å². The molecule has 2 aliphatic heterocycles. The van der Waals surface area contributed by atoms with Crippen LogP contribution in [0, 0.1) is 17.7 Å². The van der Waals surface area contributed by atoms with E-state index in [1.807, 2.05) is 12.1 Å². The molecule has 4 heterocycles. The predicted octanol–water partition coefficient (Wildman–Crippen LogP) is 4.72. The Labute approximate surface area is 212 Å². The average Bonchev–Trinajstić information content (AvgIpc) is 3.09. The molecule has 0 radical (unpaired) electrons. The first kappa shape index (κ1) is 23.7. The van der Waals surface area contributed by atoms with E-state index >= 15 is 0 Å². The summed E-state index contributed by atoms with van der Waals surface area (Å²) in [7, 11) is 0. The van der Waals surface area contributed by atoms with Crippen LogP contribution in [0.15, 0.2) is 58.4 Å². The van der Waals surface area contributed by atoms with Crippen molar-refractivity contribution in [2.75, 3.05) is 18.0 Å². The second-order valence-electron chi connectivity index (χ2n) is 9.33. The van der Waals surface area contributed by atoms with E-state index < -0.39 is 0 Å². The lowest BCUT2D eigenvalue weighted by atomic mass is 9.91. The van der Waals surface area contributed by atoms with Gasteiger partial charge in [-0.15, -0.1) is 0 Å². The molecule has 9 heteroatoms. The zero-order chi connectivity index (χ0) is 24.7. The first-order valence-electron chi connectivity index (χ1n) is 11.6. The van der Waals surface area contributed by atoms with E-state index in [0.29, 0.717) is 38.1 Å². The van der Waals surface area contributed by atoms with Crippen LogP contribution in [0.2, 0.25) is 0 Å². The Balaban J connectivity index is 1.55. The van der Waals surface area contributed by atoms with Crippen molar-refractivity contribution < 1.29 is 9.18 Å². The van der Waals surface area contributed by atoms with Gasteiger partial charge in [0.2, 0.25) is 0 Å². The lowest BCUT2D eigenvalue weighted by Gasteiger charge is -2.36. The van der Waals surface area contributed by atoms with Crippen LogP contribution in [0.5, 0.6) is 0 Å². The Kier molecular flexibility index (Phi) is 6.46. The Bertz CT molecular complexity index is 1390. The third-order valence-corrected chi connectivity index (χ3v) is 7.70. The van der Waals surface area contributed by atoms with Gasteiger partial charge in [-0.05, 0) is 54.2 Å². The number of amides is 1. The number of thiocarbonyl (C=S) groups is 1. The third kappa shape index (κ3) is 4.75. The predicted molar refractivity (Wildman–Crippen MR) is 142 cm³/mol. The van der Waals surface area contributed by atoms with Crippen LogP contribution < -0.4 is 10.5 Å². The summed E-state index contributed by atoms with van der Waals surface area (Å²) in [6.07, 6.45) is 4.45. The molecule has 6 nitrogen and oxygen atoms in total. The van der Waals surface area contributed by atoms with Crippen molar-refractivity contribution in [2.45, 2.75) is 26.8 Å². The fourth-order valence-electron chi connectivity index (χ4n) is 4.83. The number of benzene rings is 1. The number of rotatable bonds is 4. The summed E-state index contributed by atoms with van der Waals surface area (Å²) in [5.74, 6) is 0.932. The van der Waals surface area contributed by atoms with Crippen LogP contribution in [0.4, 0.5) is 10.2 Å². The van der Waals surface area contributed by atoms with Gasteiger partial charge in [-0.2, -0.15) is 0 Å². The number of halogens is 1. The number of carbonyl (C=O) groups is 1. The molecule has 2 aliphatic rings. The van der Waals surface area contributed by atoms with Gasteiger partial charge in [-0.3, -0.25) is 18.9 Å². The molecule has 35 heavy (non-hydrogen) atoms. The third-order valence-electron chi connectivity index (χ3n) is 6.32. The molecule has 0 spiro atoms. The molecule has 180 valence electrons. The monoisotopic (exact) mass is 508 g/mol. The van der Waals surface area contributed by atoms with Crippen LogP contribution in [-0.4, -0.2) is 37.6 Å². The molecule has 0 bridgehead atoms. The summed E-state index contributed by atoms with van der Waals surface area (Å²) in [4.78, 5) is 35.8. The summed E-state index contributed by atoms with van der Waals surface area (Å²) in [5, 5.41) is 0. The molecule has 5 rings (SSSR count). The number of fused-ring (bicyclic) bond motifs is 1. The maximum atomic E-state index is 13.6. The minimum absolute atomic E-state index is 0.222. The number of thioether (sulfide) groups is 1. The van der Waals surface area contributed by atoms with Crippen LogP contribution in [0.3, 0.4) is 0 Å². The molecule has 2 aromatic heterocycles. The maximum Gasteiger partial charge on any atom is 0.267 e. The largest absolute Gasteiger partial charge is 0.355 e. The normalized spacial score (nSPS) is 22.0. The standard InChI is InChI=1S/C26H25FN4O2S2/c1-16-11-17(2)14-29(13-16)23-20(24(32)30-10-4-3-5-22(30)28-23)12-21-25(33)31(26(34)35-21)15-18-6-8-19(27)9-7-18/h3-10,12,16-17H,11,13-15H2,1-2H3/b21-12-. The maximum absolute atomic E-state index is 13.6. The van der Waals surface area contributed by atoms with Crippen molar-refractivity contribution in [1.82, 2.24) is 14.3 Å². The Morgan fingerprint density at radius 1 is 1.11 bits per heavy atom. The first-order chi connectivity index (χ1) is 16.8. The Morgan fingerprint density at radius 3 is 2.54 bits per heavy atom. The van der Waals surface area contributed by atoms with E-state index in [-0.39, 0.29) is 23.8 Å². The van der Waals surface area contributed by atoms with Gasteiger partial charge >= 0.3 is 0 Å².